The van der Waals surface area contributed by atoms with Crippen LogP contribution in [0.15, 0.2) is 29.2 Å². The van der Waals surface area contributed by atoms with Crippen LogP contribution in [0.5, 0.6) is 5.75 Å². The second-order valence-corrected chi connectivity index (χ2v) is 8.38. The molecule has 0 amide bonds. The second-order valence-electron chi connectivity index (χ2n) is 6.37. The van der Waals surface area contributed by atoms with E-state index in [1.165, 1.54) is 31.9 Å². The molecular formula is C16H23NO3S. The molecule has 0 radical (unpaired) electrons. The van der Waals surface area contributed by atoms with Gasteiger partial charge in [0.15, 0.2) is 9.84 Å². The Morgan fingerprint density at radius 3 is 2.33 bits per heavy atom. The summed E-state index contributed by atoms with van der Waals surface area (Å²) in [7, 11) is -1.11. The van der Waals surface area contributed by atoms with Gasteiger partial charge in [0, 0.05) is 24.1 Å². The van der Waals surface area contributed by atoms with Crippen LogP contribution in [0.3, 0.4) is 0 Å². The summed E-state index contributed by atoms with van der Waals surface area (Å²) in [5, 5.41) is 3.42. The minimum atomic E-state index is -3.14. The molecule has 2 aliphatic rings. The lowest BCUT2D eigenvalue weighted by Gasteiger charge is -2.53. The number of nitrogens with one attached hydrogen (secondary N) is 1. The van der Waals surface area contributed by atoms with E-state index >= 15 is 0 Å². The average Bonchev–Trinajstić information content (AvgIpc) is 2.95. The molecule has 2 saturated carbocycles. The molecule has 1 aromatic carbocycles. The highest BCUT2D eigenvalue weighted by atomic mass is 32.2. The van der Waals surface area contributed by atoms with Gasteiger partial charge in [-0.3, -0.25) is 0 Å². The molecule has 0 aromatic heterocycles. The number of hydrogen-bond donors (Lipinski definition) is 1. The van der Waals surface area contributed by atoms with Crippen molar-refractivity contribution in [1.82, 2.24) is 5.32 Å². The van der Waals surface area contributed by atoms with Crippen molar-refractivity contribution in [2.45, 2.75) is 49.1 Å². The predicted octanol–water partition coefficient (Wildman–Crippen LogP) is 2.39. The SMILES string of the molecule is CNC1CC(Oc2ccc(S(C)(=O)=O)cc2)C12CCCC2. The maximum Gasteiger partial charge on any atom is 0.175 e. The highest BCUT2D eigenvalue weighted by Gasteiger charge is 2.56. The van der Waals surface area contributed by atoms with Crippen LogP contribution in [-0.2, 0) is 9.84 Å². The summed E-state index contributed by atoms with van der Waals surface area (Å²) in [6.45, 7) is 0. The topological polar surface area (TPSA) is 55.4 Å². The van der Waals surface area contributed by atoms with E-state index in [0.717, 1.165) is 12.2 Å². The van der Waals surface area contributed by atoms with E-state index < -0.39 is 9.84 Å². The Hall–Kier alpha value is -1.07. The second kappa shape index (κ2) is 5.29. The van der Waals surface area contributed by atoms with Gasteiger partial charge in [0.25, 0.3) is 0 Å². The summed E-state index contributed by atoms with van der Waals surface area (Å²) in [5.74, 6) is 0.772. The van der Waals surface area contributed by atoms with Gasteiger partial charge in [-0.1, -0.05) is 12.8 Å². The Labute approximate surface area is 126 Å². The van der Waals surface area contributed by atoms with E-state index in [2.05, 4.69) is 5.32 Å². The zero-order valence-electron chi connectivity index (χ0n) is 12.6. The van der Waals surface area contributed by atoms with Crippen molar-refractivity contribution < 1.29 is 13.2 Å². The van der Waals surface area contributed by atoms with Crippen LogP contribution in [0.4, 0.5) is 0 Å². The summed E-state index contributed by atoms with van der Waals surface area (Å²) in [5.41, 5.74) is 0.282. The summed E-state index contributed by atoms with van der Waals surface area (Å²) in [6.07, 6.45) is 7.52. The Balaban J connectivity index is 1.73. The third-order valence-electron chi connectivity index (χ3n) is 5.20. The summed E-state index contributed by atoms with van der Waals surface area (Å²) >= 11 is 0. The molecule has 4 nitrogen and oxygen atoms in total. The molecule has 1 aromatic rings. The van der Waals surface area contributed by atoms with Crippen LogP contribution in [0.1, 0.15) is 32.1 Å². The normalized spacial score (nSPS) is 27.5. The number of benzene rings is 1. The summed E-state index contributed by atoms with van der Waals surface area (Å²) < 4.78 is 29.1. The van der Waals surface area contributed by atoms with Gasteiger partial charge >= 0.3 is 0 Å². The van der Waals surface area contributed by atoms with E-state index in [-0.39, 0.29) is 11.5 Å². The van der Waals surface area contributed by atoms with Crippen molar-refractivity contribution >= 4 is 9.84 Å². The third-order valence-corrected chi connectivity index (χ3v) is 6.33. The zero-order valence-corrected chi connectivity index (χ0v) is 13.4. The highest BCUT2D eigenvalue weighted by molar-refractivity contribution is 7.90. The van der Waals surface area contributed by atoms with Gasteiger partial charge in [-0.15, -0.1) is 0 Å². The molecule has 2 unspecified atom stereocenters. The maximum atomic E-state index is 11.5. The van der Waals surface area contributed by atoms with E-state index in [1.54, 1.807) is 24.3 Å². The fourth-order valence-electron chi connectivity index (χ4n) is 3.95. The minimum absolute atomic E-state index is 0.251. The van der Waals surface area contributed by atoms with Crippen molar-refractivity contribution in [3.63, 3.8) is 0 Å². The molecule has 5 heteroatoms. The van der Waals surface area contributed by atoms with Crippen molar-refractivity contribution in [1.29, 1.82) is 0 Å². The van der Waals surface area contributed by atoms with Gasteiger partial charge in [-0.05, 0) is 44.2 Å². The largest absolute Gasteiger partial charge is 0.490 e. The first-order chi connectivity index (χ1) is 9.95. The van der Waals surface area contributed by atoms with Crippen LogP contribution < -0.4 is 10.1 Å². The van der Waals surface area contributed by atoms with E-state index in [1.807, 2.05) is 7.05 Å². The van der Waals surface area contributed by atoms with Gasteiger partial charge in [0.05, 0.1) is 4.90 Å². The van der Waals surface area contributed by atoms with Gasteiger partial charge in [0.1, 0.15) is 11.9 Å². The minimum Gasteiger partial charge on any atom is -0.490 e. The number of rotatable bonds is 4. The van der Waals surface area contributed by atoms with Crippen LogP contribution in [-0.4, -0.2) is 33.9 Å². The molecule has 1 spiro atoms. The quantitative estimate of drug-likeness (QED) is 0.928. The summed E-state index contributed by atoms with van der Waals surface area (Å²) in [4.78, 5) is 0.340. The molecule has 116 valence electrons. The summed E-state index contributed by atoms with van der Waals surface area (Å²) in [6, 6.07) is 7.35. The first kappa shape index (κ1) is 14.9. The third kappa shape index (κ3) is 2.57. The first-order valence-electron chi connectivity index (χ1n) is 7.60. The Kier molecular flexibility index (Phi) is 3.74. The Morgan fingerprint density at radius 2 is 1.81 bits per heavy atom. The van der Waals surface area contributed by atoms with Crippen LogP contribution in [0.2, 0.25) is 0 Å². The molecule has 0 aliphatic heterocycles. The Bertz CT molecular complexity index is 603. The number of sulfone groups is 1. The molecular weight excluding hydrogens is 286 g/mol. The van der Waals surface area contributed by atoms with E-state index in [9.17, 15) is 8.42 Å². The predicted molar refractivity (Wildman–Crippen MR) is 82.3 cm³/mol. The molecule has 2 atom stereocenters. The van der Waals surface area contributed by atoms with Crippen LogP contribution in [0.25, 0.3) is 0 Å². The van der Waals surface area contributed by atoms with E-state index in [4.69, 9.17) is 4.74 Å². The number of hydrogen-bond acceptors (Lipinski definition) is 4. The fraction of sp³-hybridized carbons (Fsp3) is 0.625. The van der Waals surface area contributed by atoms with Gasteiger partial charge in [0.2, 0.25) is 0 Å². The van der Waals surface area contributed by atoms with Gasteiger partial charge in [-0.2, -0.15) is 0 Å². The van der Waals surface area contributed by atoms with E-state index in [0.29, 0.717) is 10.9 Å². The van der Waals surface area contributed by atoms with Gasteiger partial charge in [-0.25, -0.2) is 8.42 Å². The molecule has 0 heterocycles. The molecule has 2 fully saturated rings. The zero-order chi connectivity index (χ0) is 15.1. The lowest BCUT2D eigenvalue weighted by Crippen LogP contribution is -2.63. The van der Waals surface area contributed by atoms with Crippen LogP contribution in [0, 0.1) is 5.41 Å². The first-order valence-corrected chi connectivity index (χ1v) is 9.49. The monoisotopic (exact) mass is 309 g/mol. The molecule has 21 heavy (non-hydrogen) atoms. The average molecular weight is 309 g/mol. The molecule has 2 aliphatic carbocycles. The molecule has 1 N–H and O–H groups in total. The van der Waals surface area contributed by atoms with Gasteiger partial charge < -0.3 is 10.1 Å². The van der Waals surface area contributed by atoms with Crippen molar-refractivity contribution in [3.05, 3.63) is 24.3 Å². The highest BCUT2D eigenvalue weighted by Crippen LogP contribution is 2.54. The van der Waals surface area contributed by atoms with Crippen LogP contribution >= 0.6 is 0 Å². The molecule has 0 bridgehead atoms. The van der Waals surface area contributed by atoms with Crippen molar-refractivity contribution in [3.8, 4) is 5.75 Å². The van der Waals surface area contributed by atoms with Crippen molar-refractivity contribution in [2.24, 2.45) is 5.41 Å². The fourth-order valence-corrected chi connectivity index (χ4v) is 4.58. The smallest absolute Gasteiger partial charge is 0.175 e. The maximum absolute atomic E-state index is 11.5. The Morgan fingerprint density at radius 1 is 1.19 bits per heavy atom. The standard InChI is InChI=1S/C16H23NO3S/c1-17-14-11-15(16(14)9-3-4-10-16)20-12-5-7-13(8-6-12)21(2,18)19/h5-8,14-15,17H,3-4,9-11H2,1-2H3. The number of ether oxygens (including phenoxy) is 1. The lowest BCUT2D eigenvalue weighted by atomic mass is 9.60. The molecule has 3 rings (SSSR count). The molecule has 0 saturated heterocycles. The lowest BCUT2D eigenvalue weighted by molar-refractivity contribution is -0.0736. The van der Waals surface area contributed by atoms with Crippen molar-refractivity contribution in [2.75, 3.05) is 13.3 Å².